The minimum atomic E-state index is -0.230. The number of aliphatic hydroxyl groups is 1. The summed E-state index contributed by atoms with van der Waals surface area (Å²) in [5.74, 6) is 0.549. The van der Waals surface area contributed by atoms with Gasteiger partial charge in [0.2, 0.25) is 0 Å². The lowest BCUT2D eigenvalue weighted by atomic mass is 10.0. The van der Waals surface area contributed by atoms with Gasteiger partial charge in [0, 0.05) is 17.5 Å². The molecule has 1 heterocycles. The molecule has 0 saturated heterocycles. The molecule has 3 heteroatoms. The molecule has 0 amide bonds. The molecule has 0 spiro atoms. The van der Waals surface area contributed by atoms with Crippen molar-refractivity contribution in [3.8, 4) is 0 Å². The Morgan fingerprint density at radius 2 is 2.20 bits per heavy atom. The van der Waals surface area contributed by atoms with Gasteiger partial charge in [0.05, 0.1) is 6.10 Å². The van der Waals surface area contributed by atoms with Gasteiger partial charge in [-0.3, -0.25) is 0 Å². The summed E-state index contributed by atoms with van der Waals surface area (Å²) >= 11 is 1.77. The van der Waals surface area contributed by atoms with E-state index in [4.69, 9.17) is 0 Å². The topological polar surface area (TPSA) is 32.3 Å². The van der Waals surface area contributed by atoms with Crippen molar-refractivity contribution in [2.45, 2.75) is 39.3 Å². The molecule has 0 aliphatic carbocycles. The third-order valence-electron chi connectivity index (χ3n) is 2.56. The summed E-state index contributed by atoms with van der Waals surface area (Å²) in [6.45, 7) is 7.09. The molecule has 0 aliphatic rings. The van der Waals surface area contributed by atoms with Crippen LogP contribution in [0, 0.1) is 5.92 Å². The first-order chi connectivity index (χ1) is 7.15. The molecule has 86 valence electrons. The van der Waals surface area contributed by atoms with E-state index in [1.165, 1.54) is 4.88 Å². The summed E-state index contributed by atoms with van der Waals surface area (Å²) in [6.07, 6.45) is 0.577. The van der Waals surface area contributed by atoms with Crippen LogP contribution in [0.2, 0.25) is 0 Å². The van der Waals surface area contributed by atoms with E-state index < -0.39 is 0 Å². The molecule has 0 fully saturated rings. The Bertz CT molecular complexity index is 259. The Balaban J connectivity index is 2.53. The predicted molar refractivity (Wildman–Crippen MR) is 66.2 cm³/mol. The van der Waals surface area contributed by atoms with Crippen molar-refractivity contribution in [2.24, 2.45) is 5.92 Å². The van der Waals surface area contributed by atoms with Crippen molar-refractivity contribution in [3.05, 3.63) is 22.4 Å². The van der Waals surface area contributed by atoms with E-state index in [0.717, 1.165) is 6.42 Å². The second-order valence-corrected chi connectivity index (χ2v) is 5.19. The highest BCUT2D eigenvalue weighted by atomic mass is 32.1. The summed E-state index contributed by atoms with van der Waals surface area (Å²) < 4.78 is 0. The Hall–Kier alpha value is -0.380. The third kappa shape index (κ3) is 3.93. The minimum absolute atomic E-state index is 0.230. The summed E-state index contributed by atoms with van der Waals surface area (Å²) in [5.41, 5.74) is 0. The normalized spacial score (nSPS) is 15.5. The zero-order valence-corrected chi connectivity index (χ0v) is 10.6. The molecule has 2 unspecified atom stereocenters. The molecular formula is C12H21NOS. The van der Waals surface area contributed by atoms with Crippen molar-refractivity contribution >= 4 is 11.3 Å². The Morgan fingerprint density at radius 1 is 1.47 bits per heavy atom. The first kappa shape index (κ1) is 12.7. The van der Waals surface area contributed by atoms with Crippen LogP contribution in [-0.4, -0.2) is 17.8 Å². The van der Waals surface area contributed by atoms with Gasteiger partial charge in [0.15, 0.2) is 0 Å². The lowest BCUT2D eigenvalue weighted by molar-refractivity contribution is 0.159. The van der Waals surface area contributed by atoms with Crippen molar-refractivity contribution < 1.29 is 5.11 Å². The number of rotatable bonds is 6. The highest BCUT2D eigenvalue weighted by molar-refractivity contribution is 7.10. The molecule has 0 saturated carbocycles. The fraction of sp³-hybridized carbons (Fsp3) is 0.667. The van der Waals surface area contributed by atoms with Crippen LogP contribution in [-0.2, 0) is 0 Å². The maximum Gasteiger partial charge on any atom is 0.0662 e. The molecular weight excluding hydrogens is 206 g/mol. The van der Waals surface area contributed by atoms with Crippen LogP contribution in [0.3, 0.4) is 0 Å². The van der Waals surface area contributed by atoms with Gasteiger partial charge in [0.1, 0.15) is 0 Å². The van der Waals surface area contributed by atoms with E-state index in [1.807, 2.05) is 6.92 Å². The summed E-state index contributed by atoms with van der Waals surface area (Å²) in [5, 5.41) is 15.1. The van der Waals surface area contributed by atoms with E-state index in [-0.39, 0.29) is 6.10 Å². The Kier molecular flexibility index (Phi) is 5.29. The van der Waals surface area contributed by atoms with Crippen molar-refractivity contribution in [1.29, 1.82) is 0 Å². The average Bonchev–Trinajstić information content (AvgIpc) is 2.70. The molecule has 2 nitrogen and oxygen atoms in total. The molecule has 1 aromatic rings. The van der Waals surface area contributed by atoms with E-state index >= 15 is 0 Å². The molecule has 2 N–H and O–H groups in total. The molecule has 1 rings (SSSR count). The van der Waals surface area contributed by atoms with Gasteiger partial charge < -0.3 is 10.4 Å². The third-order valence-corrected chi connectivity index (χ3v) is 3.52. The quantitative estimate of drug-likeness (QED) is 0.783. The molecule has 0 bridgehead atoms. The van der Waals surface area contributed by atoms with Crippen molar-refractivity contribution in [2.75, 3.05) is 6.54 Å². The summed E-state index contributed by atoms with van der Waals surface area (Å²) in [4.78, 5) is 1.35. The molecule has 0 aromatic carbocycles. The number of hydrogen-bond acceptors (Lipinski definition) is 3. The number of thiophene rings is 1. The van der Waals surface area contributed by atoms with Gasteiger partial charge in [-0.1, -0.05) is 26.8 Å². The van der Waals surface area contributed by atoms with Crippen LogP contribution in [0.25, 0.3) is 0 Å². The minimum Gasteiger partial charge on any atom is -0.392 e. The van der Waals surface area contributed by atoms with Crippen LogP contribution in [0.1, 0.15) is 38.1 Å². The van der Waals surface area contributed by atoms with E-state index in [9.17, 15) is 5.11 Å². The zero-order chi connectivity index (χ0) is 11.3. The predicted octanol–water partition coefficient (Wildman–Crippen LogP) is 2.81. The molecule has 1 aromatic heterocycles. The van der Waals surface area contributed by atoms with E-state index in [0.29, 0.717) is 18.5 Å². The van der Waals surface area contributed by atoms with Gasteiger partial charge in [-0.25, -0.2) is 0 Å². The van der Waals surface area contributed by atoms with Crippen LogP contribution >= 0.6 is 11.3 Å². The van der Waals surface area contributed by atoms with Gasteiger partial charge in [-0.15, -0.1) is 11.3 Å². The monoisotopic (exact) mass is 227 g/mol. The standard InChI is InChI=1S/C12H21NOS/c1-4-10(14)8-13-12(9(2)3)11-6-5-7-15-11/h5-7,9-10,12-14H,4,8H2,1-3H3. The molecule has 2 atom stereocenters. The fourth-order valence-electron chi connectivity index (χ4n) is 1.54. The SMILES string of the molecule is CCC(O)CNC(c1cccs1)C(C)C. The maximum absolute atomic E-state index is 9.53. The number of hydrogen-bond donors (Lipinski definition) is 2. The largest absolute Gasteiger partial charge is 0.392 e. The van der Waals surface area contributed by atoms with Crippen molar-refractivity contribution in [1.82, 2.24) is 5.32 Å². The zero-order valence-electron chi connectivity index (χ0n) is 9.73. The van der Waals surface area contributed by atoms with Crippen LogP contribution < -0.4 is 5.32 Å². The van der Waals surface area contributed by atoms with E-state index in [2.05, 4.69) is 36.7 Å². The fourth-order valence-corrected chi connectivity index (χ4v) is 2.51. The van der Waals surface area contributed by atoms with Crippen LogP contribution in [0.4, 0.5) is 0 Å². The molecule has 0 radical (unpaired) electrons. The summed E-state index contributed by atoms with van der Waals surface area (Å²) in [6, 6.07) is 4.60. The smallest absolute Gasteiger partial charge is 0.0662 e. The van der Waals surface area contributed by atoms with Crippen LogP contribution in [0.15, 0.2) is 17.5 Å². The Labute approximate surface area is 96.3 Å². The van der Waals surface area contributed by atoms with Crippen molar-refractivity contribution in [3.63, 3.8) is 0 Å². The second-order valence-electron chi connectivity index (χ2n) is 4.21. The second kappa shape index (κ2) is 6.26. The Morgan fingerprint density at radius 3 is 2.67 bits per heavy atom. The first-order valence-electron chi connectivity index (χ1n) is 5.60. The average molecular weight is 227 g/mol. The van der Waals surface area contributed by atoms with Gasteiger partial charge >= 0.3 is 0 Å². The lowest BCUT2D eigenvalue weighted by Gasteiger charge is -2.22. The van der Waals surface area contributed by atoms with Gasteiger partial charge in [-0.05, 0) is 23.8 Å². The van der Waals surface area contributed by atoms with Crippen LogP contribution in [0.5, 0.6) is 0 Å². The maximum atomic E-state index is 9.53. The molecule has 15 heavy (non-hydrogen) atoms. The van der Waals surface area contributed by atoms with Gasteiger partial charge in [0.25, 0.3) is 0 Å². The lowest BCUT2D eigenvalue weighted by Crippen LogP contribution is -2.32. The highest BCUT2D eigenvalue weighted by Crippen LogP contribution is 2.25. The highest BCUT2D eigenvalue weighted by Gasteiger charge is 2.16. The number of aliphatic hydroxyl groups excluding tert-OH is 1. The van der Waals surface area contributed by atoms with Gasteiger partial charge in [-0.2, -0.15) is 0 Å². The summed E-state index contributed by atoms with van der Waals surface area (Å²) in [7, 11) is 0. The number of nitrogens with one attached hydrogen (secondary N) is 1. The van der Waals surface area contributed by atoms with E-state index in [1.54, 1.807) is 11.3 Å². The first-order valence-corrected chi connectivity index (χ1v) is 6.48. The molecule has 0 aliphatic heterocycles.